The van der Waals surface area contributed by atoms with E-state index in [1.54, 1.807) is 7.11 Å². The van der Waals surface area contributed by atoms with Gasteiger partial charge in [-0.25, -0.2) is 9.97 Å². The average molecular weight is 208 g/mol. The van der Waals surface area contributed by atoms with E-state index >= 15 is 0 Å². The van der Waals surface area contributed by atoms with Crippen molar-refractivity contribution in [3.63, 3.8) is 0 Å². The Labute approximate surface area is 89.3 Å². The van der Waals surface area contributed by atoms with E-state index in [4.69, 9.17) is 4.74 Å². The first-order chi connectivity index (χ1) is 7.35. The first-order valence-corrected chi connectivity index (χ1v) is 5.15. The zero-order valence-corrected chi connectivity index (χ0v) is 9.08. The van der Waals surface area contributed by atoms with Crippen molar-refractivity contribution < 1.29 is 4.74 Å². The molecule has 1 heterocycles. The number of hydrogen-bond acceptors (Lipinski definition) is 5. The third-order valence-electron chi connectivity index (χ3n) is 2.50. The quantitative estimate of drug-likeness (QED) is 0.765. The summed E-state index contributed by atoms with van der Waals surface area (Å²) < 4.78 is 5.27. The highest BCUT2D eigenvalue weighted by Crippen LogP contribution is 2.32. The van der Waals surface area contributed by atoms with Crippen molar-refractivity contribution in [3.8, 4) is 5.75 Å². The van der Waals surface area contributed by atoms with Crippen LogP contribution in [0.2, 0.25) is 0 Å². The molecule has 0 aliphatic heterocycles. The maximum absolute atomic E-state index is 5.27. The third kappa shape index (κ3) is 2.29. The Kier molecular flexibility index (Phi) is 2.89. The first kappa shape index (κ1) is 10.0. The van der Waals surface area contributed by atoms with Crippen LogP contribution < -0.4 is 15.4 Å². The van der Waals surface area contributed by atoms with Crippen molar-refractivity contribution in [2.75, 3.05) is 31.3 Å². The second-order valence-corrected chi connectivity index (χ2v) is 3.68. The van der Waals surface area contributed by atoms with E-state index in [0.717, 1.165) is 18.3 Å². The molecule has 0 saturated heterocycles. The van der Waals surface area contributed by atoms with Crippen LogP contribution in [0.5, 0.6) is 5.75 Å². The van der Waals surface area contributed by atoms with Gasteiger partial charge in [0.1, 0.15) is 6.33 Å². The van der Waals surface area contributed by atoms with E-state index in [-0.39, 0.29) is 0 Å². The molecule has 1 aliphatic rings. The molecule has 0 radical (unpaired) electrons. The van der Waals surface area contributed by atoms with Crippen LogP contribution in [0.4, 0.5) is 11.6 Å². The molecular weight excluding hydrogens is 192 g/mol. The van der Waals surface area contributed by atoms with Crippen LogP contribution in [0.25, 0.3) is 0 Å². The van der Waals surface area contributed by atoms with E-state index in [1.807, 2.05) is 7.05 Å². The molecule has 1 aliphatic carbocycles. The summed E-state index contributed by atoms with van der Waals surface area (Å²) in [4.78, 5) is 8.25. The van der Waals surface area contributed by atoms with Gasteiger partial charge in [0.15, 0.2) is 11.6 Å². The Morgan fingerprint density at radius 3 is 2.73 bits per heavy atom. The summed E-state index contributed by atoms with van der Waals surface area (Å²) in [7, 11) is 3.44. The minimum atomic E-state index is 0.681. The summed E-state index contributed by atoms with van der Waals surface area (Å²) in [5, 5.41) is 6.26. The minimum absolute atomic E-state index is 0.681. The monoisotopic (exact) mass is 208 g/mol. The molecule has 0 spiro atoms. The van der Waals surface area contributed by atoms with E-state index in [0.29, 0.717) is 11.6 Å². The Bertz CT molecular complexity index is 338. The average Bonchev–Trinajstić information content (AvgIpc) is 3.09. The highest BCUT2D eigenvalue weighted by Gasteiger charge is 2.21. The summed E-state index contributed by atoms with van der Waals surface area (Å²) in [6.45, 7) is 0.969. The highest BCUT2D eigenvalue weighted by atomic mass is 16.5. The number of ether oxygens (including phenoxy) is 1. The normalized spacial score (nSPS) is 14.8. The second kappa shape index (κ2) is 4.33. The van der Waals surface area contributed by atoms with Gasteiger partial charge in [0.25, 0.3) is 0 Å². The van der Waals surface area contributed by atoms with E-state index in [1.165, 1.54) is 19.2 Å². The van der Waals surface area contributed by atoms with Gasteiger partial charge in [0.05, 0.1) is 7.11 Å². The smallest absolute Gasteiger partial charge is 0.204 e. The highest BCUT2D eigenvalue weighted by molar-refractivity contribution is 5.63. The van der Waals surface area contributed by atoms with Gasteiger partial charge in [-0.1, -0.05) is 0 Å². The molecule has 82 valence electrons. The molecule has 1 aromatic rings. The number of anilines is 2. The number of hydrogen-bond donors (Lipinski definition) is 2. The molecule has 2 N–H and O–H groups in total. The molecule has 5 nitrogen and oxygen atoms in total. The van der Waals surface area contributed by atoms with Crippen LogP contribution in [0.15, 0.2) is 6.33 Å². The molecule has 0 atom stereocenters. The standard InChI is InChI=1S/C10H16N4O/c1-11-9-8(15-2)10(14-6-13-9)12-5-7-3-4-7/h6-7H,3-5H2,1-2H3,(H2,11,12,13,14). The van der Waals surface area contributed by atoms with Crippen LogP contribution in [0.1, 0.15) is 12.8 Å². The summed E-state index contributed by atoms with van der Waals surface area (Å²) in [6.07, 6.45) is 4.17. The van der Waals surface area contributed by atoms with Crippen LogP contribution in [-0.2, 0) is 0 Å². The van der Waals surface area contributed by atoms with Gasteiger partial charge in [-0.2, -0.15) is 0 Å². The van der Waals surface area contributed by atoms with Crippen LogP contribution >= 0.6 is 0 Å². The van der Waals surface area contributed by atoms with Gasteiger partial charge in [-0.3, -0.25) is 0 Å². The van der Waals surface area contributed by atoms with Crippen LogP contribution in [-0.4, -0.2) is 30.7 Å². The SMILES string of the molecule is CNc1ncnc(NCC2CC2)c1OC. The number of rotatable bonds is 5. The Morgan fingerprint density at radius 2 is 2.13 bits per heavy atom. The van der Waals surface area contributed by atoms with Crippen LogP contribution in [0, 0.1) is 5.92 Å². The van der Waals surface area contributed by atoms with Crippen molar-refractivity contribution in [1.29, 1.82) is 0 Å². The van der Waals surface area contributed by atoms with Crippen molar-refractivity contribution >= 4 is 11.6 Å². The molecule has 5 heteroatoms. The molecule has 1 aromatic heterocycles. The van der Waals surface area contributed by atoms with Gasteiger partial charge in [-0.05, 0) is 18.8 Å². The zero-order chi connectivity index (χ0) is 10.7. The number of nitrogens with zero attached hydrogens (tertiary/aromatic N) is 2. The fourth-order valence-corrected chi connectivity index (χ4v) is 1.43. The molecule has 15 heavy (non-hydrogen) atoms. The lowest BCUT2D eigenvalue weighted by molar-refractivity contribution is 0.415. The second-order valence-electron chi connectivity index (χ2n) is 3.68. The van der Waals surface area contributed by atoms with Crippen molar-refractivity contribution in [3.05, 3.63) is 6.33 Å². The van der Waals surface area contributed by atoms with Gasteiger partial charge in [-0.15, -0.1) is 0 Å². The van der Waals surface area contributed by atoms with Crippen molar-refractivity contribution in [1.82, 2.24) is 9.97 Å². The zero-order valence-electron chi connectivity index (χ0n) is 9.08. The van der Waals surface area contributed by atoms with Gasteiger partial charge in [0.2, 0.25) is 5.75 Å². The summed E-state index contributed by atoms with van der Waals surface area (Å²) in [5.74, 6) is 2.97. The summed E-state index contributed by atoms with van der Waals surface area (Å²) >= 11 is 0. The van der Waals surface area contributed by atoms with Gasteiger partial charge < -0.3 is 15.4 Å². The maximum atomic E-state index is 5.27. The molecule has 1 fully saturated rings. The molecule has 0 bridgehead atoms. The third-order valence-corrected chi connectivity index (χ3v) is 2.50. The molecule has 1 saturated carbocycles. The Balaban J connectivity index is 2.12. The molecule has 0 amide bonds. The van der Waals surface area contributed by atoms with Crippen molar-refractivity contribution in [2.45, 2.75) is 12.8 Å². The number of methoxy groups -OCH3 is 1. The lowest BCUT2D eigenvalue weighted by Gasteiger charge is -2.12. The number of aromatic nitrogens is 2. The Hall–Kier alpha value is -1.52. The van der Waals surface area contributed by atoms with E-state index in [9.17, 15) is 0 Å². The predicted octanol–water partition coefficient (Wildman–Crippen LogP) is 1.35. The minimum Gasteiger partial charge on any atom is -0.490 e. The number of nitrogens with one attached hydrogen (secondary N) is 2. The molecule has 2 rings (SSSR count). The van der Waals surface area contributed by atoms with Crippen molar-refractivity contribution in [2.24, 2.45) is 5.92 Å². The van der Waals surface area contributed by atoms with Gasteiger partial charge in [0, 0.05) is 13.6 Å². The van der Waals surface area contributed by atoms with E-state index < -0.39 is 0 Å². The summed E-state index contributed by atoms with van der Waals surface area (Å²) in [6, 6.07) is 0. The molecule has 0 unspecified atom stereocenters. The molecular formula is C10H16N4O. The van der Waals surface area contributed by atoms with Crippen LogP contribution in [0.3, 0.4) is 0 Å². The lowest BCUT2D eigenvalue weighted by atomic mass is 10.4. The predicted molar refractivity (Wildman–Crippen MR) is 59.3 cm³/mol. The fourth-order valence-electron chi connectivity index (χ4n) is 1.43. The van der Waals surface area contributed by atoms with E-state index in [2.05, 4.69) is 20.6 Å². The largest absolute Gasteiger partial charge is 0.490 e. The first-order valence-electron chi connectivity index (χ1n) is 5.15. The maximum Gasteiger partial charge on any atom is 0.204 e. The fraction of sp³-hybridized carbons (Fsp3) is 0.600. The lowest BCUT2D eigenvalue weighted by Crippen LogP contribution is -2.08. The van der Waals surface area contributed by atoms with Gasteiger partial charge >= 0.3 is 0 Å². The topological polar surface area (TPSA) is 59.1 Å². The molecule has 0 aromatic carbocycles. The Morgan fingerprint density at radius 1 is 1.40 bits per heavy atom. The summed E-state index contributed by atoms with van der Waals surface area (Å²) in [5.41, 5.74) is 0.